The number of carbonyl (C=O) groups excluding carboxylic acids is 1. The Bertz CT molecular complexity index is 1240. The minimum Gasteiger partial charge on any atom is -0.478 e. The van der Waals surface area contributed by atoms with Crippen LogP contribution in [0.25, 0.3) is 22.6 Å². The number of fused-ring (bicyclic) bond motifs is 2. The fraction of sp³-hybridized carbons (Fsp3) is 0.0870. The van der Waals surface area contributed by atoms with Crippen molar-refractivity contribution in [3.8, 4) is 0 Å². The summed E-state index contributed by atoms with van der Waals surface area (Å²) in [5, 5.41) is 11.6. The minimum absolute atomic E-state index is 0.0682. The molecule has 0 bridgehead atoms. The van der Waals surface area contributed by atoms with Gasteiger partial charge < -0.3 is 14.8 Å². The lowest BCUT2D eigenvalue weighted by atomic mass is 10.1. The number of anilines is 1. The van der Waals surface area contributed by atoms with Crippen LogP contribution in [0.5, 0.6) is 0 Å². The summed E-state index contributed by atoms with van der Waals surface area (Å²) in [5.74, 6) is -1.21. The molecule has 0 atom stereocenters. The van der Waals surface area contributed by atoms with E-state index >= 15 is 0 Å². The molecule has 1 heterocycles. The van der Waals surface area contributed by atoms with E-state index in [0.717, 1.165) is 29.7 Å². The molecule has 3 aromatic rings. The summed E-state index contributed by atoms with van der Waals surface area (Å²) in [7, 11) is 0. The molecule has 1 amide bonds. The average Bonchev–Trinajstić information content (AvgIpc) is 3.10. The van der Waals surface area contributed by atoms with Crippen LogP contribution in [-0.2, 0) is 16.0 Å². The molecule has 2 aromatic carbocycles. The van der Waals surface area contributed by atoms with Crippen molar-refractivity contribution in [3.05, 3.63) is 87.8 Å². The topological polar surface area (TPSA) is 96.6 Å². The number of benzene rings is 2. The van der Waals surface area contributed by atoms with Gasteiger partial charge in [0, 0.05) is 29.5 Å². The zero-order valence-electron chi connectivity index (χ0n) is 15.3. The largest absolute Gasteiger partial charge is 0.478 e. The normalized spacial score (nSPS) is 14.4. The van der Waals surface area contributed by atoms with Crippen molar-refractivity contribution in [2.24, 2.45) is 0 Å². The van der Waals surface area contributed by atoms with E-state index in [2.05, 4.69) is 5.32 Å². The highest BCUT2D eigenvalue weighted by Crippen LogP contribution is 2.34. The number of aliphatic carboxylic acids is 1. The molecule has 1 aliphatic rings. The third-order valence-corrected chi connectivity index (χ3v) is 4.71. The number of rotatable bonds is 4. The van der Waals surface area contributed by atoms with Gasteiger partial charge in [0.15, 0.2) is 5.43 Å². The molecule has 0 fully saturated rings. The van der Waals surface area contributed by atoms with E-state index in [1.807, 2.05) is 36.4 Å². The number of carboxylic acids is 1. The van der Waals surface area contributed by atoms with E-state index in [0.29, 0.717) is 34.4 Å². The zero-order chi connectivity index (χ0) is 20.4. The van der Waals surface area contributed by atoms with Crippen LogP contribution >= 0.6 is 0 Å². The highest BCUT2D eigenvalue weighted by Gasteiger charge is 2.24. The van der Waals surface area contributed by atoms with Crippen molar-refractivity contribution in [3.63, 3.8) is 0 Å². The third-order valence-electron chi connectivity index (χ3n) is 4.71. The standard InChI is InChI=1S/C23H17NO5/c25-20(10-11-21(26)27)24-16-7-9-17-19(13-16)29-23-15(6-8-18(23)22(17)28)12-14-4-2-1-3-5-14/h1-5,7,9-13H,6,8H2,(H,24,25)(H,26,27)/b11-10+,15-12?. The zero-order valence-corrected chi connectivity index (χ0v) is 15.3. The van der Waals surface area contributed by atoms with Gasteiger partial charge in [0.2, 0.25) is 5.91 Å². The first-order valence-electron chi connectivity index (χ1n) is 9.09. The van der Waals surface area contributed by atoms with Crippen LogP contribution in [0, 0.1) is 0 Å². The number of amides is 1. The second-order valence-corrected chi connectivity index (χ2v) is 6.69. The molecule has 29 heavy (non-hydrogen) atoms. The smallest absolute Gasteiger partial charge is 0.328 e. The maximum Gasteiger partial charge on any atom is 0.328 e. The predicted octanol–water partition coefficient (Wildman–Crippen LogP) is 3.86. The van der Waals surface area contributed by atoms with Crippen molar-refractivity contribution in [2.75, 3.05) is 5.32 Å². The fourth-order valence-electron chi connectivity index (χ4n) is 3.39. The maximum absolute atomic E-state index is 12.9. The molecule has 0 spiro atoms. The molecular formula is C23H17NO5. The Labute approximate surface area is 165 Å². The number of hydrogen-bond acceptors (Lipinski definition) is 4. The highest BCUT2D eigenvalue weighted by molar-refractivity contribution is 6.03. The van der Waals surface area contributed by atoms with Crippen molar-refractivity contribution < 1.29 is 19.1 Å². The molecule has 0 aliphatic heterocycles. The van der Waals surface area contributed by atoms with Gasteiger partial charge in [-0.3, -0.25) is 9.59 Å². The summed E-state index contributed by atoms with van der Waals surface area (Å²) in [6, 6.07) is 14.6. The maximum atomic E-state index is 12.9. The quantitative estimate of drug-likeness (QED) is 0.663. The first-order valence-corrected chi connectivity index (χ1v) is 9.09. The van der Waals surface area contributed by atoms with E-state index < -0.39 is 11.9 Å². The van der Waals surface area contributed by atoms with Crippen molar-refractivity contribution in [1.29, 1.82) is 0 Å². The van der Waals surface area contributed by atoms with Gasteiger partial charge in [-0.25, -0.2) is 4.79 Å². The summed E-state index contributed by atoms with van der Waals surface area (Å²) in [6.45, 7) is 0. The highest BCUT2D eigenvalue weighted by atomic mass is 16.4. The van der Waals surface area contributed by atoms with E-state index in [1.54, 1.807) is 18.2 Å². The Morgan fingerprint density at radius 1 is 1.03 bits per heavy atom. The Morgan fingerprint density at radius 3 is 2.59 bits per heavy atom. The molecule has 6 nitrogen and oxygen atoms in total. The molecule has 0 saturated heterocycles. The first-order chi connectivity index (χ1) is 14.0. The monoisotopic (exact) mass is 387 g/mol. The fourth-order valence-corrected chi connectivity index (χ4v) is 3.39. The molecule has 0 unspecified atom stereocenters. The van der Waals surface area contributed by atoms with Crippen LogP contribution in [0.2, 0.25) is 0 Å². The van der Waals surface area contributed by atoms with E-state index in [-0.39, 0.29) is 5.43 Å². The Kier molecular flexibility index (Phi) is 4.83. The molecule has 4 rings (SSSR count). The number of allylic oxidation sites excluding steroid dienone is 1. The summed E-state index contributed by atoms with van der Waals surface area (Å²) < 4.78 is 6.06. The second kappa shape index (κ2) is 7.59. The molecular weight excluding hydrogens is 370 g/mol. The first kappa shape index (κ1) is 18.4. The second-order valence-electron chi connectivity index (χ2n) is 6.69. The molecule has 6 heteroatoms. The van der Waals surface area contributed by atoms with Crippen LogP contribution in [0.3, 0.4) is 0 Å². The predicted molar refractivity (Wildman–Crippen MR) is 111 cm³/mol. The van der Waals surface area contributed by atoms with E-state index in [1.165, 1.54) is 0 Å². The lowest BCUT2D eigenvalue weighted by molar-refractivity contribution is -0.131. The minimum atomic E-state index is -1.21. The molecule has 1 aliphatic carbocycles. The Balaban J connectivity index is 1.72. The number of nitrogens with one attached hydrogen (secondary N) is 1. The third kappa shape index (κ3) is 3.87. The number of hydrogen-bond donors (Lipinski definition) is 2. The molecule has 144 valence electrons. The molecule has 1 aromatic heterocycles. The van der Waals surface area contributed by atoms with Crippen LogP contribution in [0.1, 0.15) is 23.3 Å². The molecule has 2 N–H and O–H groups in total. The summed E-state index contributed by atoms with van der Waals surface area (Å²) in [6.07, 6.45) is 5.05. The van der Waals surface area contributed by atoms with E-state index in [9.17, 15) is 14.4 Å². The van der Waals surface area contributed by atoms with Gasteiger partial charge in [0.1, 0.15) is 11.3 Å². The van der Waals surface area contributed by atoms with Gasteiger partial charge in [-0.05, 0) is 42.2 Å². The van der Waals surface area contributed by atoms with Gasteiger partial charge >= 0.3 is 5.97 Å². The lowest BCUT2D eigenvalue weighted by Crippen LogP contribution is -2.11. The van der Waals surface area contributed by atoms with E-state index in [4.69, 9.17) is 9.52 Å². The van der Waals surface area contributed by atoms with Crippen molar-refractivity contribution >= 4 is 40.2 Å². The average molecular weight is 387 g/mol. The Morgan fingerprint density at radius 2 is 1.83 bits per heavy atom. The molecule has 0 radical (unpaired) electrons. The van der Waals surface area contributed by atoms with Gasteiger partial charge in [-0.2, -0.15) is 0 Å². The summed E-state index contributed by atoms with van der Waals surface area (Å²) in [5.41, 5.74) is 3.37. The van der Waals surface area contributed by atoms with Gasteiger partial charge in [-0.1, -0.05) is 30.3 Å². The van der Waals surface area contributed by atoms with Crippen LogP contribution in [0.4, 0.5) is 5.69 Å². The summed E-state index contributed by atoms with van der Waals surface area (Å²) >= 11 is 0. The van der Waals surface area contributed by atoms with Gasteiger partial charge in [-0.15, -0.1) is 0 Å². The lowest BCUT2D eigenvalue weighted by Gasteiger charge is -2.07. The van der Waals surface area contributed by atoms with Gasteiger partial charge in [0.25, 0.3) is 0 Å². The van der Waals surface area contributed by atoms with Crippen molar-refractivity contribution in [2.45, 2.75) is 12.8 Å². The van der Waals surface area contributed by atoms with Crippen molar-refractivity contribution in [1.82, 2.24) is 0 Å². The Hall–Kier alpha value is -3.93. The van der Waals surface area contributed by atoms with Crippen LogP contribution < -0.4 is 10.7 Å². The summed E-state index contributed by atoms with van der Waals surface area (Å²) in [4.78, 5) is 35.2. The number of carboxylic acid groups (broad SMARTS) is 1. The number of carbonyl (C=O) groups is 2. The molecule has 0 saturated carbocycles. The van der Waals surface area contributed by atoms with Gasteiger partial charge in [0.05, 0.1) is 5.39 Å². The van der Waals surface area contributed by atoms with Crippen LogP contribution in [-0.4, -0.2) is 17.0 Å². The van der Waals surface area contributed by atoms with Crippen LogP contribution in [0.15, 0.2) is 69.9 Å². The SMILES string of the molecule is O=C(O)/C=C/C(=O)Nc1ccc2c(=O)c3c(oc2c1)C(=Cc1ccccc1)CC3.